The molecule has 0 bridgehead atoms. The fourth-order valence-corrected chi connectivity index (χ4v) is 4.18. The lowest BCUT2D eigenvalue weighted by atomic mass is 9.93. The molecule has 8 heteroatoms. The molecule has 1 aromatic heterocycles. The Morgan fingerprint density at radius 3 is 2.38 bits per heavy atom. The van der Waals surface area contributed by atoms with Crippen LogP contribution in [0, 0.1) is 5.92 Å². The first-order chi connectivity index (χ1) is 9.73. The van der Waals surface area contributed by atoms with Gasteiger partial charge in [-0.1, -0.05) is 0 Å². The molecule has 0 aromatic carbocycles. The molecule has 0 spiro atoms. The summed E-state index contributed by atoms with van der Waals surface area (Å²) in [4.78, 5) is 11.0. The van der Waals surface area contributed by atoms with Crippen LogP contribution in [0.5, 0.6) is 0 Å². The van der Waals surface area contributed by atoms with E-state index in [9.17, 15) is 18.3 Å². The molecule has 1 saturated heterocycles. The number of nitrogens with zero attached hydrogens (tertiary/aromatic N) is 2. The lowest BCUT2D eigenvalue weighted by Gasteiger charge is -2.32. The first kappa shape index (κ1) is 16.0. The third-order valence-corrected chi connectivity index (χ3v) is 5.88. The van der Waals surface area contributed by atoms with Crippen molar-refractivity contribution in [1.29, 1.82) is 0 Å². The van der Waals surface area contributed by atoms with Crippen molar-refractivity contribution in [3.63, 3.8) is 0 Å². The number of hydrogen-bond donors (Lipinski definition) is 2. The molecule has 0 amide bonds. The van der Waals surface area contributed by atoms with Crippen LogP contribution in [0.2, 0.25) is 0 Å². The third kappa shape index (κ3) is 3.12. The van der Waals surface area contributed by atoms with E-state index in [4.69, 9.17) is 5.11 Å². The molecule has 2 N–H and O–H groups in total. The Morgan fingerprint density at radius 1 is 1.38 bits per heavy atom. The summed E-state index contributed by atoms with van der Waals surface area (Å²) in [6.07, 6.45) is 2.09. The molecule has 0 saturated carbocycles. The smallest absolute Gasteiger partial charge is 0.352 e. The monoisotopic (exact) mass is 316 g/mol. The highest BCUT2D eigenvalue weighted by Gasteiger charge is 2.32. The highest BCUT2D eigenvalue weighted by molar-refractivity contribution is 7.89. The molecule has 1 fully saturated rings. The van der Waals surface area contributed by atoms with Gasteiger partial charge in [-0.15, -0.1) is 0 Å². The molecule has 1 aromatic rings. The minimum Gasteiger partial charge on any atom is -0.477 e. The number of carbonyl (C=O) groups is 1. The number of piperidine rings is 1. The minimum absolute atomic E-state index is 0.00195. The predicted molar refractivity (Wildman–Crippen MR) is 75.5 cm³/mol. The lowest BCUT2D eigenvalue weighted by molar-refractivity contribution is 0.0686. The topological polar surface area (TPSA) is 99.8 Å². The molecule has 0 radical (unpaired) electrons. The second-order valence-electron chi connectivity index (χ2n) is 5.46. The second kappa shape index (κ2) is 5.78. The van der Waals surface area contributed by atoms with E-state index in [1.54, 1.807) is 6.92 Å². The second-order valence-corrected chi connectivity index (χ2v) is 7.40. The summed E-state index contributed by atoms with van der Waals surface area (Å²) in [7, 11) is -2.18. The molecule has 118 valence electrons. The third-order valence-electron chi connectivity index (χ3n) is 4.02. The van der Waals surface area contributed by atoms with Crippen LogP contribution in [-0.4, -0.2) is 52.7 Å². The number of aryl methyl sites for hydroxylation is 1. The van der Waals surface area contributed by atoms with E-state index in [-0.39, 0.29) is 16.5 Å². The van der Waals surface area contributed by atoms with Crippen molar-refractivity contribution < 1.29 is 23.4 Å². The zero-order valence-corrected chi connectivity index (χ0v) is 12.9. The van der Waals surface area contributed by atoms with Gasteiger partial charge >= 0.3 is 5.97 Å². The summed E-state index contributed by atoms with van der Waals surface area (Å²) in [6, 6.07) is 1.18. The maximum Gasteiger partial charge on any atom is 0.352 e. The summed E-state index contributed by atoms with van der Waals surface area (Å²) in [5, 5.41) is 18.5. The molecule has 1 unspecified atom stereocenters. The van der Waals surface area contributed by atoms with Crippen molar-refractivity contribution in [3.8, 4) is 0 Å². The summed E-state index contributed by atoms with van der Waals surface area (Å²) < 4.78 is 27.7. The Morgan fingerprint density at radius 2 is 1.95 bits per heavy atom. The Labute approximate surface area is 123 Å². The highest BCUT2D eigenvalue weighted by atomic mass is 32.2. The first-order valence-electron chi connectivity index (χ1n) is 6.81. The Balaban J connectivity index is 2.20. The number of aliphatic hydroxyl groups is 1. The number of carboxylic acids is 1. The summed E-state index contributed by atoms with van der Waals surface area (Å²) >= 11 is 0. The van der Waals surface area contributed by atoms with Crippen LogP contribution in [0.1, 0.15) is 30.3 Å². The number of aromatic nitrogens is 1. The molecule has 1 aliphatic heterocycles. The van der Waals surface area contributed by atoms with Gasteiger partial charge in [0.1, 0.15) is 10.6 Å². The van der Waals surface area contributed by atoms with Crippen molar-refractivity contribution in [2.75, 3.05) is 13.1 Å². The van der Waals surface area contributed by atoms with Crippen LogP contribution in [0.25, 0.3) is 0 Å². The van der Waals surface area contributed by atoms with E-state index in [2.05, 4.69) is 0 Å². The van der Waals surface area contributed by atoms with Crippen LogP contribution in [-0.2, 0) is 17.1 Å². The van der Waals surface area contributed by atoms with Crippen molar-refractivity contribution in [2.24, 2.45) is 13.0 Å². The maximum absolute atomic E-state index is 12.5. The zero-order valence-electron chi connectivity index (χ0n) is 12.1. The number of carboxylic acid groups (broad SMARTS) is 1. The molecule has 0 aliphatic carbocycles. The maximum atomic E-state index is 12.5. The fourth-order valence-electron chi connectivity index (χ4n) is 2.64. The highest BCUT2D eigenvalue weighted by Crippen LogP contribution is 2.26. The van der Waals surface area contributed by atoms with Crippen LogP contribution in [0.4, 0.5) is 0 Å². The first-order valence-corrected chi connectivity index (χ1v) is 8.25. The van der Waals surface area contributed by atoms with Gasteiger partial charge in [0.2, 0.25) is 10.0 Å². The van der Waals surface area contributed by atoms with Gasteiger partial charge in [-0.25, -0.2) is 13.2 Å². The predicted octanol–water partition coefficient (Wildman–Crippen LogP) is 0.505. The fraction of sp³-hybridized carbons (Fsp3) is 0.615. The number of aromatic carboxylic acids is 1. The van der Waals surface area contributed by atoms with Gasteiger partial charge in [0, 0.05) is 26.3 Å². The van der Waals surface area contributed by atoms with Gasteiger partial charge in [0.05, 0.1) is 6.10 Å². The van der Waals surface area contributed by atoms with E-state index >= 15 is 0 Å². The summed E-state index contributed by atoms with van der Waals surface area (Å²) in [6.45, 7) is 2.40. The van der Waals surface area contributed by atoms with Crippen molar-refractivity contribution in [2.45, 2.75) is 30.8 Å². The molecule has 21 heavy (non-hydrogen) atoms. The Hall–Kier alpha value is -1.38. The normalized spacial score (nSPS) is 19.6. The Kier molecular flexibility index (Phi) is 4.40. The lowest BCUT2D eigenvalue weighted by Crippen LogP contribution is -2.40. The van der Waals surface area contributed by atoms with Crippen LogP contribution >= 0.6 is 0 Å². The molecular formula is C13H20N2O5S. The standard InChI is InChI=1S/C13H20N2O5S/c1-9(16)10-3-5-15(6-4-10)21(19,20)11-7-12(13(17)18)14(2)8-11/h7-10,16H,3-6H2,1-2H3,(H,17,18). The average molecular weight is 316 g/mol. The minimum atomic E-state index is -3.68. The van der Waals surface area contributed by atoms with E-state index in [1.165, 1.54) is 28.2 Å². The SMILES string of the molecule is CC(O)C1CCN(S(=O)(=O)c2cc(C(=O)O)n(C)c2)CC1. The number of aliphatic hydroxyl groups excluding tert-OH is 1. The molecular weight excluding hydrogens is 296 g/mol. The van der Waals surface area contributed by atoms with E-state index in [0.717, 1.165) is 0 Å². The van der Waals surface area contributed by atoms with Crippen LogP contribution < -0.4 is 0 Å². The van der Waals surface area contributed by atoms with Crippen LogP contribution in [0.3, 0.4) is 0 Å². The van der Waals surface area contributed by atoms with Gasteiger partial charge in [0.15, 0.2) is 0 Å². The van der Waals surface area contributed by atoms with E-state index in [0.29, 0.717) is 25.9 Å². The van der Waals surface area contributed by atoms with Gasteiger partial charge < -0.3 is 14.8 Å². The van der Waals surface area contributed by atoms with Gasteiger partial charge in [-0.3, -0.25) is 0 Å². The van der Waals surface area contributed by atoms with E-state index < -0.39 is 22.1 Å². The molecule has 2 rings (SSSR count). The van der Waals surface area contributed by atoms with Gasteiger partial charge in [-0.2, -0.15) is 4.31 Å². The average Bonchev–Trinajstić information content (AvgIpc) is 2.82. The molecule has 2 heterocycles. The molecule has 7 nitrogen and oxygen atoms in total. The van der Waals surface area contributed by atoms with Crippen molar-refractivity contribution >= 4 is 16.0 Å². The van der Waals surface area contributed by atoms with Gasteiger partial charge in [-0.05, 0) is 31.7 Å². The number of hydrogen-bond acceptors (Lipinski definition) is 4. The van der Waals surface area contributed by atoms with Gasteiger partial charge in [0.25, 0.3) is 0 Å². The van der Waals surface area contributed by atoms with E-state index in [1.807, 2.05) is 0 Å². The van der Waals surface area contributed by atoms with Crippen LogP contribution in [0.15, 0.2) is 17.2 Å². The largest absolute Gasteiger partial charge is 0.477 e. The van der Waals surface area contributed by atoms with Crippen molar-refractivity contribution in [3.05, 3.63) is 18.0 Å². The number of sulfonamides is 1. The summed E-state index contributed by atoms with van der Waals surface area (Å²) in [5.74, 6) is -1.05. The Bertz CT molecular complexity index is 627. The van der Waals surface area contributed by atoms with Crippen molar-refractivity contribution in [1.82, 2.24) is 8.87 Å². The molecule has 1 aliphatic rings. The zero-order chi connectivity index (χ0) is 15.8. The summed E-state index contributed by atoms with van der Waals surface area (Å²) in [5.41, 5.74) is -0.0626. The number of rotatable bonds is 4. The quantitative estimate of drug-likeness (QED) is 0.843. The molecule has 1 atom stereocenters.